The van der Waals surface area contributed by atoms with Crippen LogP contribution in [-0.2, 0) is 5.54 Å². The van der Waals surface area contributed by atoms with E-state index < -0.39 is 0 Å². The fraction of sp³-hybridized carbons (Fsp3) is 0.286. The number of rotatable bonds is 3. The molecule has 1 heterocycles. The van der Waals surface area contributed by atoms with Crippen LogP contribution in [-0.4, -0.2) is 9.97 Å². The molecule has 1 N–H and O–H groups in total. The molecule has 4 heteroatoms. The number of halogens is 1. The highest BCUT2D eigenvalue weighted by atomic mass is 79.9. The van der Waals surface area contributed by atoms with Crippen LogP contribution in [0.5, 0.6) is 0 Å². The Bertz CT molecular complexity index is 520. The van der Waals surface area contributed by atoms with Crippen molar-refractivity contribution >= 4 is 21.9 Å². The van der Waals surface area contributed by atoms with Gasteiger partial charge in [0.2, 0.25) is 5.95 Å². The number of anilines is 1. The molecule has 3 nitrogen and oxygen atoms in total. The van der Waals surface area contributed by atoms with Gasteiger partial charge in [0.1, 0.15) is 0 Å². The molecule has 0 radical (unpaired) electrons. The molecule has 0 aliphatic heterocycles. The first kappa shape index (κ1) is 11.7. The third kappa shape index (κ3) is 2.12. The van der Waals surface area contributed by atoms with Gasteiger partial charge >= 0.3 is 0 Å². The van der Waals surface area contributed by atoms with E-state index >= 15 is 0 Å². The normalized spacial score (nSPS) is 16.9. The van der Waals surface area contributed by atoms with Crippen molar-refractivity contribution < 1.29 is 0 Å². The van der Waals surface area contributed by atoms with Gasteiger partial charge < -0.3 is 5.32 Å². The second kappa shape index (κ2) is 4.69. The number of benzene rings is 1. The van der Waals surface area contributed by atoms with E-state index in [-0.39, 0.29) is 5.54 Å². The Labute approximate surface area is 115 Å². The highest BCUT2D eigenvalue weighted by Gasteiger charge is 2.39. The second-order valence-corrected chi connectivity index (χ2v) is 5.56. The van der Waals surface area contributed by atoms with Crippen molar-refractivity contribution in [2.45, 2.75) is 24.8 Å². The van der Waals surface area contributed by atoms with Crippen molar-refractivity contribution in [2.75, 3.05) is 5.32 Å². The number of hydrogen-bond donors (Lipinski definition) is 1. The zero-order chi connectivity index (χ0) is 12.4. The van der Waals surface area contributed by atoms with Crippen molar-refractivity contribution in [3.8, 4) is 0 Å². The van der Waals surface area contributed by atoms with Crippen molar-refractivity contribution in [2.24, 2.45) is 0 Å². The lowest BCUT2D eigenvalue weighted by molar-refractivity contribution is 0.282. The fourth-order valence-corrected chi connectivity index (χ4v) is 2.63. The average Bonchev–Trinajstić information content (AvgIpc) is 2.36. The Kier molecular flexibility index (Phi) is 3.04. The minimum absolute atomic E-state index is 0.0159. The minimum Gasteiger partial charge on any atom is -0.345 e. The van der Waals surface area contributed by atoms with Crippen LogP contribution < -0.4 is 5.32 Å². The van der Waals surface area contributed by atoms with E-state index in [1.807, 2.05) is 6.07 Å². The van der Waals surface area contributed by atoms with E-state index in [4.69, 9.17) is 0 Å². The molecule has 0 spiro atoms. The van der Waals surface area contributed by atoms with Gasteiger partial charge in [-0.25, -0.2) is 9.97 Å². The van der Waals surface area contributed by atoms with Gasteiger partial charge in [0, 0.05) is 16.9 Å². The zero-order valence-electron chi connectivity index (χ0n) is 9.94. The smallest absolute Gasteiger partial charge is 0.223 e. The maximum absolute atomic E-state index is 4.26. The molecule has 3 rings (SSSR count). The standard InChI is InChI=1S/C14H14BrN3/c15-12-5-3-11(4-6-12)14(7-1-8-14)18-13-16-9-2-10-17-13/h2-6,9-10H,1,7-8H2,(H,16,17,18). The summed E-state index contributed by atoms with van der Waals surface area (Å²) in [6.45, 7) is 0. The molecule has 0 bridgehead atoms. The molecule has 2 aromatic rings. The number of nitrogens with one attached hydrogen (secondary N) is 1. The number of hydrogen-bond acceptors (Lipinski definition) is 3. The Morgan fingerprint density at radius 1 is 1.06 bits per heavy atom. The predicted molar refractivity (Wildman–Crippen MR) is 75.3 cm³/mol. The lowest BCUT2D eigenvalue weighted by Crippen LogP contribution is -2.42. The monoisotopic (exact) mass is 303 g/mol. The minimum atomic E-state index is 0.0159. The Balaban J connectivity index is 1.88. The molecule has 18 heavy (non-hydrogen) atoms. The van der Waals surface area contributed by atoms with Gasteiger partial charge in [-0.05, 0) is 43.0 Å². The number of aromatic nitrogens is 2. The first-order valence-corrected chi connectivity index (χ1v) is 6.89. The molecule has 0 saturated heterocycles. The maximum atomic E-state index is 4.26. The summed E-state index contributed by atoms with van der Waals surface area (Å²) in [5.41, 5.74) is 1.33. The third-order valence-corrected chi connectivity index (χ3v) is 4.05. The summed E-state index contributed by atoms with van der Waals surface area (Å²) in [4.78, 5) is 8.51. The maximum Gasteiger partial charge on any atom is 0.223 e. The predicted octanol–water partition coefficient (Wildman–Crippen LogP) is 3.73. The van der Waals surface area contributed by atoms with E-state index in [0.29, 0.717) is 5.95 Å². The summed E-state index contributed by atoms with van der Waals surface area (Å²) >= 11 is 3.47. The van der Waals surface area contributed by atoms with Gasteiger partial charge in [-0.1, -0.05) is 28.1 Å². The summed E-state index contributed by atoms with van der Waals surface area (Å²) in [5, 5.41) is 3.49. The SMILES string of the molecule is Brc1ccc(C2(Nc3ncccn3)CCC2)cc1. The van der Waals surface area contributed by atoms with Crippen LogP contribution in [0.1, 0.15) is 24.8 Å². The van der Waals surface area contributed by atoms with Crippen molar-refractivity contribution in [3.05, 3.63) is 52.8 Å². The Hall–Kier alpha value is -1.42. The summed E-state index contributed by atoms with van der Waals surface area (Å²) in [7, 11) is 0. The molecular formula is C14H14BrN3. The molecule has 0 unspecified atom stereocenters. The third-order valence-electron chi connectivity index (χ3n) is 3.52. The van der Waals surface area contributed by atoms with E-state index in [1.54, 1.807) is 12.4 Å². The summed E-state index contributed by atoms with van der Waals surface area (Å²) in [6, 6.07) is 10.3. The summed E-state index contributed by atoms with van der Waals surface area (Å²) in [6.07, 6.45) is 7.04. The first-order valence-electron chi connectivity index (χ1n) is 6.10. The highest BCUT2D eigenvalue weighted by Crippen LogP contribution is 2.43. The Morgan fingerprint density at radius 3 is 2.28 bits per heavy atom. The van der Waals surface area contributed by atoms with E-state index in [2.05, 4.69) is 55.5 Å². The van der Waals surface area contributed by atoms with Gasteiger partial charge in [0.25, 0.3) is 0 Å². The van der Waals surface area contributed by atoms with Crippen LogP contribution in [0.3, 0.4) is 0 Å². The largest absolute Gasteiger partial charge is 0.345 e. The molecule has 0 atom stereocenters. The van der Waals surface area contributed by atoms with Crippen molar-refractivity contribution in [1.29, 1.82) is 0 Å². The van der Waals surface area contributed by atoms with Crippen LogP contribution in [0.4, 0.5) is 5.95 Å². The summed E-state index contributed by atoms with van der Waals surface area (Å²) < 4.78 is 1.11. The van der Waals surface area contributed by atoms with Crippen molar-refractivity contribution in [3.63, 3.8) is 0 Å². The quantitative estimate of drug-likeness (QED) is 0.939. The highest BCUT2D eigenvalue weighted by molar-refractivity contribution is 9.10. The topological polar surface area (TPSA) is 37.8 Å². The fourth-order valence-electron chi connectivity index (χ4n) is 2.36. The summed E-state index contributed by atoms with van der Waals surface area (Å²) in [5.74, 6) is 0.708. The van der Waals surface area contributed by atoms with E-state index in [9.17, 15) is 0 Å². The molecular weight excluding hydrogens is 290 g/mol. The van der Waals surface area contributed by atoms with E-state index in [1.165, 1.54) is 12.0 Å². The average molecular weight is 304 g/mol. The molecule has 1 aromatic carbocycles. The molecule has 1 aliphatic carbocycles. The van der Waals surface area contributed by atoms with Gasteiger partial charge in [0.05, 0.1) is 5.54 Å². The van der Waals surface area contributed by atoms with Crippen LogP contribution in [0.2, 0.25) is 0 Å². The molecule has 1 aromatic heterocycles. The van der Waals surface area contributed by atoms with Crippen LogP contribution in [0.15, 0.2) is 47.2 Å². The Morgan fingerprint density at radius 2 is 1.72 bits per heavy atom. The molecule has 1 saturated carbocycles. The lowest BCUT2D eigenvalue weighted by Gasteiger charge is -2.43. The lowest BCUT2D eigenvalue weighted by atomic mass is 9.72. The first-order chi connectivity index (χ1) is 8.78. The molecule has 0 amide bonds. The number of nitrogens with zero attached hydrogens (tertiary/aromatic N) is 2. The van der Waals surface area contributed by atoms with Crippen LogP contribution in [0.25, 0.3) is 0 Å². The van der Waals surface area contributed by atoms with Gasteiger partial charge in [-0.3, -0.25) is 0 Å². The van der Waals surface area contributed by atoms with E-state index in [0.717, 1.165) is 17.3 Å². The van der Waals surface area contributed by atoms with Crippen LogP contribution >= 0.6 is 15.9 Å². The molecule has 1 fully saturated rings. The van der Waals surface area contributed by atoms with Crippen LogP contribution in [0, 0.1) is 0 Å². The zero-order valence-corrected chi connectivity index (χ0v) is 11.5. The van der Waals surface area contributed by atoms with Gasteiger partial charge in [0.15, 0.2) is 0 Å². The molecule has 92 valence electrons. The van der Waals surface area contributed by atoms with Crippen molar-refractivity contribution in [1.82, 2.24) is 9.97 Å². The second-order valence-electron chi connectivity index (χ2n) is 4.64. The van der Waals surface area contributed by atoms with Gasteiger partial charge in [-0.2, -0.15) is 0 Å². The molecule has 1 aliphatic rings. The van der Waals surface area contributed by atoms with Gasteiger partial charge in [-0.15, -0.1) is 0 Å².